The number of aliphatic hydroxyl groups excluding tert-OH is 1. The van der Waals surface area contributed by atoms with E-state index < -0.39 is 0 Å². The highest BCUT2D eigenvalue weighted by molar-refractivity contribution is 5.53. The monoisotopic (exact) mass is 272 g/mol. The van der Waals surface area contributed by atoms with E-state index in [9.17, 15) is 0 Å². The summed E-state index contributed by atoms with van der Waals surface area (Å²) in [6, 6.07) is 10.6. The van der Waals surface area contributed by atoms with Gasteiger partial charge in [-0.3, -0.25) is 4.90 Å². The number of hydrogen-bond acceptors (Lipinski definition) is 4. The molecule has 1 aliphatic rings. The fourth-order valence-corrected chi connectivity index (χ4v) is 2.43. The molecule has 1 saturated carbocycles. The van der Waals surface area contributed by atoms with Gasteiger partial charge in [-0.1, -0.05) is 18.2 Å². The van der Waals surface area contributed by atoms with E-state index in [0.29, 0.717) is 18.5 Å². The highest BCUT2D eigenvalue weighted by Gasteiger charge is 2.29. The lowest BCUT2D eigenvalue weighted by molar-refractivity contribution is 0.181. The second-order valence-electron chi connectivity index (χ2n) is 5.31. The number of benzene rings is 1. The average Bonchev–Trinajstić information content (AvgIpc) is 3.25. The molecule has 2 aromatic rings. The molecule has 1 aromatic carbocycles. The quantitative estimate of drug-likeness (QED) is 0.878. The van der Waals surface area contributed by atoms with Crippen LogP contribution in [0.25, 0.3) is 11.5 Å². The minimum absolute atomic E-state index is 0.193. The number of aromatic nitrogens is 1. The summed E-state index contributed by atoms with van der Waals surface area (Å²) in [7, 11) is 0. The van der Waals surface area contributed by atoms with Crippen LogP contribution in [0.2, 0.25) is 0 Å². The van der Waals surface area contributed by atoms with E-state index in [1.165, 1.54) is 12.8 Å². The van der Waals surface area contributed by atoms with Crippen molar-refractivity contribution in [3.63, 3.8) is 0 Å². The maximum atomic E-state index is 9.16. The predicted molar refractivity (Wildman–Crippen MR) is 77.2 cm³/mol. The fraction of sp³-hybridized carbons (Fsp3) is 0.438. The Hall–Kier alpha value is -1.65. The Morgan fingerprint density at radius 3 is 2.70 bits per heavy atom. The molecule has 1 heterocycles. The van der Waals surface area contributed by atoms with Gasteiger partial charge in [0.15, 0.2) is 0 Å². The number of aryl methyl sites for hydroxylation is 1. The van der Waals surface area contributed by atoms with Crippen molar-refractivity contribution in [2.45, 2.75) is 32.4 Å². The Bertz CT molecular complexity index is 561. The van der Waals surface area contributed by atoms with Gasteiger partial charge < -0.3 is 9.52 Å². The van der Waals surface area contributed by atoms with Crippen LogP contribution < -0.4 is 0 Å². The minimum Gasteiger partial charge on any atom is -0.441 e. The predicted octanol–water partition coefficient (Wildman–Crippen LogP) is 2.61. The highest BCUT2D eigenvalue weighted by atomic mass is 16.4. The Kier molecular flexibility index (Phi) is 3.85. The summed E-state index contributed by atoms with van der Waals surface area (Å²) in [5.41, 5.74) is 1.98. The van der Waals surface area contributed by atoms with Crippen LogP contribution in [0, 0.1) is 6.92 Å². The van der Waals surface area contributed by atoms with Gasteiger partial charge in [0.25, 0.3) is 0 Å². The normalized spacial score (nSPS) is 14.9. The summed E-state index contributed by atoms with van der Waals surface area (Å²) < 4.78 is 5.78. The van der Waals surface area contributed by atoms with Gasteiger partial charge in [-0.2, -0.15) is 0 Å². The molecule has 20 heavy (non-hydrogen) atoms. The third-order valence-corrected chi connectivity index (χ3v) is 3.72. The largest absolute Gasteiger partial charge is 0.441 e. The first-order valence-electron chi connectivity index (χ1n) is 7.14. The van der Waals surface area contributed by atoms with E-state index in [4.69, 9.17) is 9.52 Å². The van der Waals surface area contributed by atoms with Gasteiger partial charge in [0.1, 0.15) is 5.76 Å². The number of nitrogens with zero attached hydrogens (tertiary/aromatic N) is 2. The number of rotatable bonds is 6. The Labute approximate surface area is 119 Å². The standard InChI is InChI=1S/C16H20N2O2/c1-12-15(11-18(9-10-19)14-7-8-14)17-16(20-12)13-5-3-2-4-6-13/h2-6,14,19H,7-11H2,1H3. The number of hydrogen-bond donors (Lipinski definition) is 1. The average molecular weight is 272 g/mol. The van der Waals surface area contributed by atoms with Crippen molar-refractivity contribution in [3.05, 3.63) is 41.8 Å². The SMILES string of the molecule is Cc1oc(-c2ccccc2)nc1CN(CCO)C1CC1. The van der Waals surface area contributed by atoms with Gasteiger partial charge >= 0.3 is 0 Å². The van der Waals surface area contributed by atoms with E-state index in [0.717, 1.165) is 23.6 Å². The van der Waals surface area contributed by atoms with Crippen molar-refractivity contribution in [2.24, 2.45) is 0 Å². The van der Waals surface area contributed by atoms with Gasteiger partial charge in [-0.25, -0.2) is 4.98 Å². The van der Waals surface area contributed by atoms with Crippen LogP contribution in [0.1, 0.15) is 24.3 Å². The molecule has 0 aliphatic heterocycles. The highest BCUT2D eigenvalue weighted by Crippen LogP contribution is 2.29. The topological polar surface area (TPSA) is 49.5 Å². The lowest BCUT2D eigenvalue weighted by Gasteiger charge is -2.19. The van der Waals surface area contributed by atoms with Crippen molar-refractivity contribution < 1.29 is 9.52 Å². The first-order valence-corrected chi connectivity index (χ1v) is 7.14. The van der Waals surface area contributed by atoms with Crippen LogP contribution in [0.15, 0.2) is 34.7 Å². The zero-order valence-corrected chi connectivity index (χ0v) is 11.7. The molecule has 0 bridgehead atoms. The van der Waals surface area contributed by atoms with Crippen LogP contribution in [0.3, 0.4) is 0 Å². The summed E-state index contributed by atoms with van der Waals surface area (Å²) >= 11 is 0. The van der Waals surface area contributed by atoms with Gasteiger partial charge in [0.05, 0.1) is 12.3 Å². The van der Waals surface area contributed by atoms with Gasteiger partial charge in [-0.15, -0.1) is 0 Å². The van der Waals surface area contributed by atoms with Crippen LogP contribution in [-0.2, 0) is 6.54 Å². The summed E-state index contributed by atoms with van der Waals surface area (Å²) in [5, 5.41) is 9.16. The molecule has 0 spiro atoms. The summed E-state index contributed by atoms with van der Waals surface area (Å²) in [6.45, 7) is 3.61. The second-order valence-corrected chi connectivity index (χ2v) is 5.31. The molecule has 0 radical (unpaired) electrons. The molecular formula is C16H20N2O2. The van der Waals surface area contributed by atoms with Crippen LogP contribution in [-0.4, -0.2) is 34.2 Å². The first kappa shape index (κ1) is 13.3. The maximum Gasteiger partial charge on any atom is 0.226 e. The van der Waals surface area contributed by atoms with Crippen molar-refractivity contribution in [1.82, 2.24) is 9.88 Å². The van der Waals surface area contributed by atoms with Crippen molar-refractivity contribution in [1.29, 1.82) is 0 Å². The lowest BCUT2D eigenvalue weighted by Crippen LogP contribution is -2.29. The molecule has 0 saturated heterocycles. The Balaban J connectivity index is 1.78. The van der Waals surface area contributed by atoms with Gasteiger partial charge in [0.2, 0.25) is 5.89 Å². The fourth-order valence-electron chi connectivity index (χ4n) is 2.43. The van der Waals surface area contributed by atoms with E-state index in [-0.39, 0.29) is 6.61 Å². The van der Waals surface area contributed by atoms with E-state index >= 15 is 0 Å². The molecular weight excluding hydrogens is 252 g/mol. The molecule has 0 atom stereocenters. The summed E-state index contributed by atoms with van der Waals surface area (Å²) in [4.78, 5) is 6.91. The van der Waals surface area contributed by atoms with Gasteiger partial charge in [0, 0.05) is 24.7 Å². The van der Waals surface area contributed by atoms with Crippen LogP contribution in [0.5, 0.6) is 0 Å². The van der Waals surface area contributed by atoms with Crippen LogP contribution in [0.4, 0.5) is 0 Å². The third kappa shape index (κ3) is 2.92. The summed E-state index contributed by atoms with van der Waals surface area (Å²) in [6.07, 6.45) is 2.45. The molecule has 4 nitrogen and oxygen atoms in total. The molecule has 0 unspecified atom stereocenters. The molecule has 1 aliphatic carbocycles. The zero-order valence-electron chi connectivity index (χ0n) is 11.7. The Morgan fingerprint density at radius 2 is 2.05 bits per heavy atom. The third-order valence-electron chi connectivity index (χ3n) is 3.72. The Morgan fingerprint density at radius 1 is 1.30 bits per heavy atom. The van der Waals surface area contributed by atoms with Crippen molar-refractivity contribution in [2.75, 3.05) is 13.2 Å². The first-order chi connectivity index (χ1) is 9.78. The smallest absolute Gasteiger partial charge is 0.226 e. The van der Waals surface area contributed by atoms with E-state index in [2.05, 4.69) is 9.88 Å². The molecule has 106 valence electrons. The second kappa shape index (κ2) is 5.77. The van der Waals surface area contributed by atoms with Crippen molar-refractivity contribution in [3.8, 4) is 11.5 Å². The summed E-state index contributed by atoms with van der Waals surface area (Å²) in [5.74, 6) is 1.55. The lowest BCUT2D eigenvalue weighted by atomic mass is 10.2. The molecule has 1 N–H and O–H groups in total. The number of oxazole rings is 1. The minimum atomic E-state index is 0.193. The maximum absolute atomic E-state index is 9.16. The van der Waals surface area contributed by atoms with Crippen molar-refractivity contribution >= 4 is 0 Å². The van der Waals surface area contributed by atoms with E-state index in [1.54, 1.807) is 0 Å². The van der Waals surface area contributed by atoms with Gasteiger partial charge in [-0.05, 0) is 31.9 Å². The van der Waals surface area contributed by atoms with Crippen LogP contribution >= 0.6 is 0 Å². The number of aliphatic hydroxyl groups is 1. The molecule has 0 amide bonds. The molecule has 4 heteroatoms. The molecule has 1 aromatic heterocycles. The van der Waals surface area contributed by atoms with E-state index in [1.807, 2.05) is 37.3 Å². The zero-order chi connectivity index (χ0) is 13.9. The molecule has 3 rings (SSSR count). The molecule has 1 fully saturated rings.